The van der Waals surface area contributed by atoms with Crippen LogP contribution in [0.15, 0.2) is 34.9 Å². The molecule has 114 valence electrons. The van der Waals surface area contributed by atoms with Crippen molar-refractivity contribution in [3.8, 4) is 0 Å². The third-order valence-electron chi connectivity index (χ3n) is 3.66. The monoisotopic (exact) mass is 286 g/mol. The number of nitrogens with one attached hydrogen (secondary N) is 2. The standard InChI is InChI=1S/C18H26N2O/c1-5-19-17-12-21-18(14(17)4)20-16-9-7-6-8-15(16)11-10-13(2)3/h6-9,12-13,19-20H,5,10-11H2,1-4H3. The first-order chi connectivity index (χ1) is 10.1. The maximum absolute atomic E-state index is 5.66. The van der Waals surface area contributed by atoms with E-state index in [0.29, 0.717) is 5.92 Å². The topological polar surface area (TPSA) is 37.2 Å². The van der Waals surface area contributed by atoms with Crippen molar-refractivity contribution in [2.75, 3.05) is 17.2 Å². The molecule has 1 aromatic carbocycles. The second-order valence-corrected chi connectivity index (χ2v) is 5.85. The van der Waals surface area contributed by atoms with Crippen LogP contribution in [0.5, 0.6) is 0 Å². The molecule has 1 aromatic heterocycles. The molecule has 0 bridgehead atoms. The smallest absolute Gasteiger partial charge is 0.202 e. The Morgan fingerprint density at radius 1 is 1.14 bits per heavy atom. The molecule has 0 spiro atoms. The highest BCUT2D eigenvalue weighted by molar-refractivity contribution is 5.67. The predicted molar refractivity (Wildman–Crippen MR) is 90.5 cm³/mol. The quantitative estimate of drug-likeness (QED) is 0.720. The number of aryl methyl sites for hydroxylation is 1. The number of para-hydroxylation sites is 1. The van der Waals surface area contributed by atoms with Gasteiger partial charge in [0.1, 0.15) is 6.26 Å². The fourth-order valence-electron chi connectivity index (χ4n) is 2.33. The number of hydrogen-bond acceptors (Lipinski definition) is 3. The zero-order valence-electron chi connectivity index (χ0n) is 13.5. The van der Waals surface area contributed by atoms with Gasteiger partial charge >= 0.3 is 0 Å². The van der Waals surface area contributed by atoms with Gasteiger partial charge in [-0.2, -0.15) is 0 Å². The Bertz CT molecular complexity index is 572. The van der Waals surface area contributed by atoms with Crippen LogP contribution < -0.4 is 10.6 Å². The Morgan fingerprint density at radius 2 is 1.90 bits per heavy atom. The first-order valence-electron chi connectivity index (χ1n) is 7.78. The molecule has 21 heavy (non-hydrogen) atoms. The van der Waals surface area contributed by atoms with Crippen molar-refractivity contribution in [2.24, 2.45) is 5.92 Å². The van der Waals surface area contributed by atoms with Gasteiger partial charge in [0.15, 0.2) is 0 Å². The molecule has 0 amide bonds. The zero-order chi connectivity index (χ0) is 15.2. The van der Waals surface area contributed by atoms with E-state index in [-0.39, 0.29) is 0 Å². The van der Waals surface area contributed by atoms with E-state index in [1.807, 2.05) is 0 Å². The normalized spacial score (nSPS) is 10.9. The van der Waals surface area contributed by atoms with Crippen LogP contribution in [0, 0.1) is 12.8 Å². The predicted octanol–water partition coefficient (Wildman–Crippen LogP) is 5.35. The van der Waals surface area contributed by atoms with Crippen LogP contribution in [-0.4, -0.2) is 6.54 Å². The van der Waals surface area contributed by atoms with Crippen LogP contribution >= 0.6 is 0 Å². The number of furan rings is 1. The molecule has 1 heterocycles. The molecule has 3 heteroatoms. The zero-order valence-corrected chi connectivity index (χ0v) is 13.5. The second kappa shape index (κ2) is 7.21. The van der Waals surface area contributed by atoms with Gasteiger partial charge in [-0.15, -0.1) is 0 Å². The minimum Gasteiger partial charge on any atom is -0.446 e. The molecule has 0 radical (unpaired) electrons. The number of hydrogen-bond donors (Lipinski definition) is 2. The van der Waals surface area contributed by atoms with Crippen LogP contribution in [0.3, 0.4) is 0 Å². The van der Waals surface area contributed by atoms with E-state index in [1.165, 1.54) is 12.0 Å². The van der Waals surface area contributed by atoms with Crippen molar-refractivity contribution in [1.82, 2.24) is 0 Å². The van der Waals surface area contributed by atoms with Crippen LogP contribution in [0.4, 0.5) is 17.3 Å². The SMILES string of the molecule is CCNc1coc(Nc2ccccc2CCC(C)C)c1C. The van der Waals surface area contributed by atoms with E-state index < -0.39 is 0 Å². The minimum atomic E-state index is 0.712. The van der Waals surface area contributed by atoms with E-state index in [9.17, 15) is 0 Å². The third kappa shape index (κ3) is 4.03. The van der Waals surface area contributed by atoms with Crippen LogP contribution in [0.25, 0.3) is 0 Å². The Kier molecular flexibility index (Phi) is 5.32. The van der Waals surface area contributed by atoms with Crippen LogP contribution in [0.2, 0.25) is 0 Å². The lowest BCUT2D eigenvalue weighted by Gasteiger charge is -2.12. The summed E-state index contributed by atoms with van der Waals surface area (Å²) in [5, 5.41) is 6.74. The molecule has 0 saturated carbocycles. The van der Waals surface area contributed by atoms with Crippen molar-refractivity contribution >= 4 is 17.3 Å². The molecule has 0 atom stereocenters. The number of anilines is 3. The Balaban J connectivity index is 2.15. The molecule has 0 aliphatic carbocycles. The highest BCUT2D eigenvalue weighted by Crippen LogP contribution is 2.30. The van der Waals surface area contributed by atoms with Gasteiger partial charge in [0.25, 0.3) is 0 Å². The summed E-state index contributed by atoms with van der Waals surface area (Å²) < 4.78 is 5.66. The van der Waals surface area contributed by atoms with Crippen LogP contribution in [-0.2, 0) is 6.42 Å². The van der Waals surface area contributed by atoms with E-state index >= 15 is 0 Å². The molecule has 0 aliphatic rings. The summed E-state index contributed by atoms with van der Waals surface area (Å²) in [5.74, 6) is 1.53. The van der Waals surface area contributed by atoms with Gasteiger partial charge < -0.3 is 15.1 Å². The molecular weight excluding hydrogens is 260 g/mol. The summed E-state index contributed by atoms with van der Waals surface area (Å²) in [7, 11) is 0. The highest BCUT2D eigenvalue weighted by atomic mass is 16.3. The van der Waals surface area contributed by atoms with E-state index in [0.717, 1.165) is 35.8 Å². The fraction of sp³-hybridized carbons (Fsp3) is 0.444. The van der Waals surface area contributed by atoms with Crippen molar-refractivity contribution in [2.45, 2.75) is 40.5 Å². The molecule has 3 nitrogen and oxygen atoms in total. The lowest BCUT2D eigenvalue weighted by atomic mass is 10.0. The summed E-state index contributed by atoms with van der Waals surface area (Å²) in [5.41, 5.74) is 4.65. The molecule has 2 aromatic rings. The molecule has 2 N–H and O–H groups in total. The van der Waals surface area contributed by atoms with Crippen molar-refractivity contribution in [3.63, 3.8) is 0 Å². The van der Waals surface area contributed by atoms with Crippen molar-refractivity contribution < 1.29 is 4.42 Å². The molecule has 2 rings (SSSR count). The molecule has 0 fully saturated rings. The van der Waals surface area contributed by atoms with E-state index in [1.54, 1.807) is 6.26 Å². The lowest BCUT2D eigenvalue weighted by Crippen LogP contribution is -2.00. The fourth-order valence-corrected chi connectivity index (χ4v) is 2.33. The number of rotatable bonds is 7. The Labute approximate surface area is 127 Å². The summed E-state index contributed by atoms with van der Waals surface area (Å²) in [6, 6.07) is 8.46. The molecular formula is C18H26N2O. The first-order valence-corrected chi connectivity index (χ1v) is 7.78. The summed E-state index contributed by atoms with van der Waals surface area (Å²) >= 11 is 0. The highest BCUT2D eigenvalue weighted by Gasteiger charge is 2.11. The van der Waals surface area contributed by atoms with Gasteiger partial charge in [0.05, 0.1) is 5.69 Å². The van der Waals surface area contributed by atoms with Gasteiger partial charge in [-0.3, -0.25) is 0 Å². The minimum absolute atomic E-state index is 0.712. The lowest BCUT2D eigenvalue weighted by molar-refractivity contribution is 0.581. The summed E-state index contributed by atoms with van der Waals surface area (Å²) in [6.45, 7) is 9.57. The first kappa shape index (κ1) is 15.5. The van der Waals surface area contributed by atoms with Crippen LogP contribution in [0.1, 0.15) is 38.3 Å². The second-order valence-electron chi connectivity index (χ2n) is 5.85. The largest absolute Gasteiger partial charge is 0.446 e. The molecule has 0 aliphatic heterocycles. The average Bonchev–Trinajstić information content (AvgIpc) is 2.80. The van der Waals surface area contributed by atoms with Gasteiger partial charge in [-0.25, -0.2) is 0 Å². The summed E-state index contributed by atoms with van der Waals surface area (Å²) in [6.07, 6.45) is 4.05. The summed E-state index contributed by atoms with van der Waals surface area (Å²) in [4.78, 5) is 0. The average molecular weight is 286 g/mol. The Hall–Kier alpha value is -1.90. The third-order valence-corrected chi connectivity index (χ3v) is 3.66. The molecule has 0 saturated heterocycles. The van der Waals surface area contributed by atoms with Crippen molar-refractivity contribution in [3.05, 3.63) is 41.7 Å². The van der Waals surface area contributed by atoms with Gasteiger partial charge in [-0.05, 0) is 44.2 Å². The van der Waals surface area contributed by atoms with E-state index in [2.05, 4.69) is 62.6 Å². The number of benzene rings is 1. The van der Waals surface area contributed by atoms with Gasteiger partial charge in [-0.1, -0.05) is 32.0 Å². The Morgan fingerprint density at radius 3 is 2.62 bits per heavy atom. The molecule has 0 unspecified atom stereocenters. The van der Waals surface area contributed by atoms with Gasteiger partial charge in [0, 0.05) is 17.8 Å². The maximum atomic E-state index is 5.66. The van der Waals surface area contributed by atoms with Crippen molar-refractivity contribution in [1.29, 1.82) is 0 Å². The van der Waals surface area contributed by atoms with E-state index in [4.69, 9.17) is 4.42 Å². The van der Waals surface area contributed by atoms with Gasteiger partial charge in [0.2, 0.25) is 5.88 Å². The maximum Gasteiger partial charge on any atom is 0.202 e.